The number of nitriles is 1. The van der Waals surface area contributed by atoms with Gasteiger partial charge in [-0.25, -0.2) is 4.98 Å². The summed E-state index contributed by atoms with van der Waals surface area (Å²) in [6.07, 6.45) is 2.26. The molecule has 5 nitrogen and oxygen atoms in total. The van der Waals surface area contributed by atoms with Crippen LogP contribution in [0.4, 0.5) is 11.4 Å². The van der Waals surface area contributed by atoms with Gasteiger partial charge in [-0.05, 0) is 36.8 Å². The molecular formula is C16H13ClN4O. The van der Waals surface area contributed by atoms with Crippen molar-refractivity contribution >= 4 is 28.9 Å². The van der Waals surface area contributed by atoms with Gasteiger partial charge in [-0.2, -0.15) is 5.26 Å². The van der Waals surface area contributed by atoms with Crippen molar-refractivity contribution < 1.29 is 4.79 Å². The van der Waals surface area contributed by atoms with Crippen LogP contribution < -0.4 is 10.2 Å². The molecule has 22 heavy (non-hydrogen) atoms. The Kier molecular flexibility index (Phi) is 3.94. The first kappa shape index (κ1) is 14.4. The summed E-state index contributed by atoms with van der Waals surface area (Å²) in [5, 5.41) is 12.5. The first-order chi connectivity index (χ1) is 10.7. The normalized spacial score (nSPS) is 17.4. The van der Waals surface area contributed by atoms with E-state index in [4.69, 9.17) is 16.9 Å². The molecule has 1 aromatic heterocycles. The molecule has 0 aliphatic carbocycles. The molecule has 0 bridgehead atoms. The summed E-state index contributed by atoms with van der Waals surface area (Å²) < 4.78 is 0. The van der Waals surface area contributed by atoms with Crippen LogP contribution in [0, 0.1) is 11.3 Å². The van der Waals surface area contributed by atoms with Crippen molar-refractivity contribution in [3.05, 3.63) is 53.3 Å². The highest BCUT2D eigenvalue weighted by Crippen LogP contribution is 2.25. The van der Waals surface area contributed by atoms with Gasteiger partial charge in [0.15, 0.2) is 0 Å². The largest absolute Gasteiger partial charge is 0.372 e. The van der Waals surface area contributed by atoms with E-state index < -0.39 is 0 Å². The predicted octanol–water partition coefficient (Wildman–Crippen LogP) is 2.82. The summed E-state index contributed by atoms with van der Waals surface area (Å²) in [6, 6.07) is 12.3. The zero-order valence-corrected chi connectivity index (χ0v) is 12.4. The summed E-state index contributed by atoms with van der Waals surface area (Å²) in [6.45, 7) is 0.639. The Morgan fingerprint density at radius 2 is 2.23 bits per heavy atom. The van der Waals surface area contributed by atoms with Crippen molar-refractivity contribution in [3.8, 4) is 6.07 Å². The number of anilines is 2. The topological polar surface area (TPSA) is 69.0 Å². The van der Waals surface area contributed by atoms with E-state index in [9.17, 15) is 4.79 Å². The molecule has 0 spiro atoms. The van der Waals surface area contributed by atoms with E-state index >= 15 is 0 Å². The number of carbonyl (C=O) groups excluding carboxylic acids is 1. The number of hydrogen-bond acceptors (Lipinski definition) is 4. The number of hydrogen-bond donors (Lipinski definition) is 1. The minimum Gasteiger partial charge on any atom is -0.372 e. The average Bonchev–Trinajstić information content (AvgIpc) is 2.89. The lowest BCUT2D eigenvalue weighted by atomic mass is 10.2. The van der Waals surface area contributed by atoms with Gasteiger partial charge < -0.3 is 10.2 Å². The second-order valence-corrected chi connectivity index (χ2v) is 5.44. The standard InChI is InChI=1S/C16H13ClN4O/c17-11-2-1-3-14(8-11)21-7-6-15(16(21)22)20-13-5-4-12(9-18)19-10-13/h1-5,8,10,15,20H,6-7H2. The second-order valence-electron chi connectivity index (χ2n) is 5.00. The molecule has 2 heterocycles. The molecule has 3 rings (SSSR count). The van der Waals surface area contributed by atoms with Crippen molar-refractivity contribution in [1.29, 1.82) is 5.26 Å². The van der Waals surface area contributed by atoms with Crippen LogP contribution in [0.25, 0.3) is 0 Å². The van der Waals surface area contributed by atoms with Gasteiger partial charge in [-0.3, -0.25) is 4.79 Å². The molecule has 1 aliphatic rings. The van der Waals surface area contributed by atoms with Gasteiger partial charge in [0.25, 0.3) is 0 Å². The van der Waals surface area contributed by atoms with Crippen LogP contribution in [0.15, 0.2) is 42.6 Å². The number of rotatable bonds is 3. The third-order valence-electron chi connectivity index (χ3n) is 3.54. The van der Waals surface area contributed by atoms with Crippen LogP contribution in [0.5, 0.6) is 0 Å². The van der Waals surface area contributed by atoms with Crippen LogP contribution in [0.2, 0.25) is 5.02 Å². The summed E-state index contributed by atoms with van der Waals surface area (Å²) in [5.74, 6) is 0.00614. The van der Waals surface area contributed by atoms with E-state index in [1.54, 1.807) is 35.4 Å². The quantitative estimate of drug-likeness (QED) is 0.946. The molecule has 6 heteroatoms. The molecular weight excluding hydrogens is 300 g/mol. The van der Waals surface area contributed by atoms with E-state index in [1.165, 1.54) is 0 Å². The maximum absolute atomic E-state index is 12.5. The average molecular weight is 313 g/mol. The first-order valence-corrected chi connectivity index (χ1v) is 7.25. The third-order valence-corrected chi connectivity index (χ3v) is 3.78. The lowest BCUT2D eigenvalue weighted by Crippen LogP contribution is -2.33. The number of nitrogens with one attached hydrogen (secondary N) is 1. The SMILES string of the molecule is N#Cc1ccc(NC2CCN(c3cccc(Cl)c3)C2=O)cn1. The molecule has 1 aliphatic heterocycles. The molecule has 0 radical (unpaired) electrons. The predicted molar refractivity (Wildman–Crippen MR) is 84.8 cm³/mol. The molecule has 1 fully saturated rings. The van der Waals surface area contributed by atoms with Crippen LogP contribution >= 0.6 is 11.6 Å². The van der Waals surface area contributed by atoms with Gasteiger partial charge in [0.05, 0.1) is 11.9 Å². The number of aromatic nitrogens is 1. The Hall–Kier alpha value is -2.58. The zero-order chi connectivity index (χ0) is 15.5. The zero-order valence-electron chi connectivity index (χ0n) is 11.7. The van der Waals surface area contributed by atoms with Crippen LogP contribution in [-0.4, -0.2) is 23.5 Å². The number of carbonyl (C=O) groups is 1. The van der Waals surface area contributed by atoms with E-state index in [0.29, 0.717) is 23.7 Å². The van der Waals surface area contributed by atoms with Crippen molar-refractivity contribution in [2.45, 2.75) is 12.5 Å². The Balaban J connectivity index is 1.72. The van der Waals surface area contributed by atoms with Crippen molar-refractivity contribution in [2.24, 2.45) is 0 Å². The summed E-state index contributed by atoms with van der Waals surface area (Å²) in [7, 11) is 0. The van der Waals surface area contributed by atoms with Gasteiger partial charge in [0.1, 0.15) is 17.8 Å². The molecule has 1 amide bonds. The Morgan fingerprint density at radius 3 is 2.91 bits per heavy atom. The molecule has 2 aromatic rings. The van der Waals surface area contributed by atoms with Crippen LogP contribution in [-0.2, 0) is 4.79 Å². The fourth-order valence-corrected chi connectivity index (χ4v) is 2.65. The summed E-state index contributed by atoms with van der Waals surface area (Å²) in [5.41, 5.74) is 1.88. The van der Waals surface area contributed by atoms with Crippen molar-refractivity contribution in [2.75, 3.05) is 16.8 Å². The smallest absolute Gasteiger partial charge is 0.249 e. The Labute approximate surface area is 133 Å². The minimum atomic E-state index is -0.297. The highest BCUT2D eigenvalue weighted by Gasteiger charge is 2.32. The summed E-state index contributed by atoms with van der Waals surface area (Å²) >= 11 is 5.98. The van der Waals surface area contributed by atoms with E-state index in [0.717, 1.165) is 11.4 Å². The highest BCUT2D eigenvalue weighted by molar-refractivity contribution is 6.31. The molecule has 1 atom stereocenters. The fourth-order valence-electron chi connectivity index (χ4n) is 2.46. The van der Waals surface area contributed by atoms with Crippen LogP contribution in [0.3, 0.4) is 0 Å². The first-order valence-electron chi connectivity index (χ1n) is 6.87. The van der Waals surface area contributed by atoms with Crippen LogP contribution in [0.1, 0.15) is 12.1 Å². The van der Waals surface area contributed by atoms with E-state index in [-0.39, 0.29) is 11.9 Å². The fraction of sp³-hybridized carbons (Fsp3) is 0.188. The Bertz CT molecular complexity index is 739. The number of nitrogens with zero attached hydrogens (tertiary/aromatic N) is 3. The van der Waals surface area contributed by atoms with Gasteiger partial charge in [0, 0.05) is 17.3 Å². The van der Waals surface area contributed by atoms with Crippen molar-refractivity contribution in [3.63, 3.8) is 0 Å². The molecule has 0 saturated carbocycles. The maximum atomic E-state index is 12.5. The number of benzene rings is 1. The summed E-state index contributed by atoms with van der Waals surface area (Å²) in [4.78, 5) is 18.2. The molecule has 1 unspecified atom stereocenters. The van der Waals surface area contributed by atoms with Gasteiger partial charge in [-0.15, -0.1) is 0 Å². The lowest BCUT2D eigenvalue weighted by Gasteiger charge is -2.18. The number of halogens is 1. The van der Waals surface area contributed by atoms with Crippen molar-refractivity contribution in [1.82, 2.24) is 4.98 Å². The monoisotopic (exact) mass is 312 g/mol. The lowest BCUT2D eigenvalue weighted by molar-refractivity contribution is -0.117. The molecule has 110 valence electrons. The molecule has 1 aromatic carbocycles. The van der Waals surface area contributed by atoms with E-state index in [2.05, 4.69) is 10.3 Å². The number of amides is 1. The minimum absolute atomic E-state index is 0.00614. The third kappa shape index (κ3) is 2.87. The van der Waals surface area contributed by atoms with Gasteiger partial charge >= 0.3 is 0 Å². The molecule has 1 saturated heterocycles. The van der Waals surface area contributed by atoms with Gasteiger partial charge in [-0.1, -0.05) is 17.7 Å². The van der Waals surface area contributed by atoms with E-state index in [1.807, 2.05) is 18.2 Å². The maximum Gasteiger partial charge on any atom is 0.249 e. The number of pyridine rings is 1. The Morgan fingerprint density at radius 1 is 1.36 bits per heavy atom. The second kappa shape index (κ2) is 6.04. The van der Waals surface area contributed by atoms with Gasteiger partial charge in [0.2, 0.25) is 5.91 Å². The highest BCUT2D eigenvalue weighted by atomic mass is 35.5. The molecule has 1 N–H and O–H groups in total.